The third-order valence-electron chi connectivity index (χ3n) is 5.52. The summed E-state index contributed by atoms with van der Waals surface area (Å²) in [5, 5.41) is 13.8. The minimum atomic E-state index is -0.445. The Bertz CT molecular complexity index is 1270. The topological polar surface area (TPSA) is 57.2 Å². The Hall–Kier alpha value is -3.79. The summed E-state index contributed by atoms with van der Waals surface area (Å²) >= 11 is 0. The van der Waals surface area contributed by atoms with Gasteiger partial charge in [-0.05, 0) is 55.3 Å². The van der Waals surface area contributed by atoms with Crippen molar-refractivity contribution in [1.29, 1.82) is 5.26 Å². The van der Waals surface area contributed by atoms with E-state index in [2.05, 4.69) is 11.1 Å². The Labute approximate surface area is 171 Å². The van der Waals surface area contributed by atoms with Gasteiger partial charge in [-0.1, -0.05) is 12.1 Å². The molecule has 0 spiro atoms. The van der Waals surface area contributed by atoms with Gasteiger partial charge >= 0.3 is 0 Å². The number of aromatic nitrogens is 3. The number of anilines is 1. The third-order valence-corrected chi connectivity index (χ3v) is 5.52. The number of fused-ring (bicyclic) bond motifs is 1. The first-order valence-electron chi connectivity index (χ1n) is 9.71. The smallest absolute Gasteiger partial charge is 0.154 e. The number of hydrogen-bond acceptors (Lipinski definition) is 4. The predicted octanol–water partition coefficient (Wildman–Crippen LogP) is 4.89. The van der Waals surface area contributed by atoms with Crippen molar-refractivity contribution in [2.24, 2.45) is 0 Å². The summed E-state index contributed by atoms with van der Waals surface area (Å²) in [6.45, 7) is 0.708. The van der Waals surface area contributed by atoms with Crippen molar-refractivity contribution >= 4 is 11.5 Å². The SMILES string of the molecule is N#Cc1ccc(-c2cnc3ccc(N4CCC[C@@H]4c4cc(F)ccc4F)nn23)cc1. The highest BCUT2D eigenvalue weighted by Gasteiger charge is 2.30. The van der Waals surface area contributed by atoms with Crippen LogP contribution in [0.15, 0.2) is 60.8 Å². The molecular weight excluding hydrogens is 384 g/mol. The van der Waals surface area contributed by atoms with Crippen LogP contribution in [0.5, 0.6) is 0 Å². The lowest BCUT2D eigenvalue weighted by atomic mass is 10.0. The molecule has 0 N–H and O–H groups in total. The molecule has 1 fully saturated rings. The quantitative estimate of drug-likeness (QED) is 0.491. The van der Waals surface area contributed by atoms with Crippen LogP contribution in [0, 0.1) is 23.0 Å². The van der Waals surface area contributed by atoms with Gasteiger partial charge in [-0.3, -0.25) is 0 Å². The summed E-state index contributed by atoms with van der Waals surface area (Å²) in [5.74, 6) is -0.170. The minimum Gasteiger partial charge on any atom is -0.348 e. The van der Waals surface area contributed by atoms with E-state index < -0.39 is 11.6 Å². The van der Waals surface area contributed by atoms with Crippen molar-refractivity contribution in [2.75, 3.05) is 11.4 Å². The van der Waals surface area contributed by atoms with Gasteiger partial charge < -0.3 is 4.90 Å². The molecule has 0 aliphatic carbocycles. The van der Waals surface area contributed by atoms with Gasteiger partial charge in [-0.2, -0.15) is 5.26 Å². The molecule has 0 saturated carbocycles. The molecule has 1 aliphatic rings. The lowest BCUT2D eigenvalue weighted by molar-refractivity contribution is 0.559. The second-order valence-corrected chi connectivity index (χ2v) is 7.31. The maximum Gasteiger partial charge on any atom is 0.154 e. The van der Waals surface area contributed by atoms with Crippen LogP contribution in [-0.2, 0) is 0 Å². The molecule has 2 aromatic carbocycles. The molecule has 30 heavy (non-hydrogen) atoms. The van der Waals surface area contributed by atoms with E-state index in [1.165, 1.54) is 12.1 Å². The van der Waals surface area contributed by atoms with Crippen molar-refractivity contribution in [3.63, 3.8) is 0 Å². The first-order valence-corrected chi connectivity index (χ1v) is 9.71. The Morgan fingerprint density at radius 2 is 1.87 bits per heavy atom. The number of imidazole rings is 1. The van der Waals surface area contributed by atoms with Gasteiger partial charge in [0.1, 0.15) is 17.5 Å². The Balaban J connectivity index is 1.56. The van der Waals surface area contributed by atoms with E-state index in [0.717, 1.165) is 30.2 Å². The summed E-state index contributed by atoms with van der Waals surface area (Å²) in [6.07, 6.45) is 3.33. The molecule has 0 bridgehead atoms. The van der Waals surface area contributed by atoms with Crippen molar-refractivity contribution < 1.29 is 8.78 Å². The van der Waals surface area contributed by atoms with Crippen molar-refractivity contribution in [1.82, 2.24) is 14.6 Å². The van der Waals surface area contributed by atoms with Gasteiger partial charge in [0.25, 0.3) is 0 Å². The van der Waals surface area contributed by atoms with Crippen LogP contribution in [0.4, 0.5) is 14.6 Å². The molecular formula is C23H17F2N5. The maximum atomic E-state index is 14.4. The van der Waals surface area contributed by atoms with Crippen LogP contribution in [-0.4, -0.2) is 21.1 Å². The van der Waals surface area contributed by atoms with Crippen LogP contribution in [0.1, 0.15) is 30.0 Å². The number of nitriles is 1. The van der Waals surface area contributed by atoms with E-state index in [1.54, 1.807) is 22.8 Å². The second kappa shape index (κ2) is 7.23. The second-order valence-electron chi connectivity index (χ2n) is 7.31. The van der Waals surface area contributed by atoms with E-state index in [-0.39, 0.29) is 6.04 Å². The molecule has 0 unspecified atom stereocenters. The molecule has 0 radical (unpaired) electrons. The van der Waals surface area contributed by atoms with Crippen LogP contribution in [0.3, 0.4) is 0 Å². The summed E-state index contributed by atoms with van der Waals surface area (Å²) in [5.41, 5.74) is 3.31. The molecule has 7 heteroatoms. The average molecular weight is 401 g/mol. The lowest BCUT2D eigenvalue weighted by Crippen LogP contribution is -2.25. The zero-order valence-electron chi connectivity index (χ0n) is 16.0. The fourth-order valence-electron chi connectivity index (χ4n) is 4.06. The van der Waals surface area contributed by atoms with Crippen LogP contribution >= 0.6 is 0 Å². The van der Waals surface area contributed by atoms with E-state index in [0.29, 0.717) is 29.1 Å². The number of halogens is 2. The Kier molecular flexibility index (Phi) is 4.40. The molecule has 148 valence electrons. The normalized spacial score (nSPS) is 16.2. The molecule has 5 nitrogen and oxygen atoms in total. The fraction of sp³-hybridized carbons (Fsp3) is 0.174. The van der Waals surface area contributed by atoms with Crippen LogP contribution < -0.4 is 4.90 Å². The van der Waals surface area contributed by atoms with Gasteiger partial charge in [0.05, 0.1) is 29.6 Å². The highest BCUT2D eigenvalue weighted by molar-refractivity contribution is 5.64. The molecule has 5 rings (SSSR count). The van der Waals surface area contributed by atoms with Gasteiger partial charge in [-0.15, -0.1) is 5.10 Å². The summed E-state index contributed by atoms with van der Waals surface area (Å²) < 4.78 is 29.9. The lowest BCUT2D eigenvalue weighted by Gasteiger charge is -2.26. The highest BCUT2D eigenvalue weighted by atomic mass is 19.1. The standard InChI is InChI=1S/C23H17F2N5/c24-17-7-8-19(25)18(12-17)20-2-1-11-29(20)23-10-9-22-27-14-21(30(22)28-23)16-5-3-15(13-26)4-6-16/h3-10,12,14,20H,1-2,11H2/t20-/m1/s1. The number of hydrogen-bond donors (Lipinski definition) is 0. The third kappa shape index (κ3) is 3.07. The summed E-state index contributed by atoms with van der Waals surface area (Å²) in [6, 6.07) is 16.4. The average Bonchev–Trinajstić information content (AvgIpc) is 3.42. The van der Waals surface area contributed by atoms with Gasteiger partial charge in [0, 0.05) is 17.7 Å². The molecule has 1 saturated heterocycles. The van der Waals surface area contributed by atoms with Crippen LogP contribution in [0.2, 0.25) is 0 Å². The highest BCUT2D eigenvalue weighted by Crippen LogP contribution is 2.37. The van der Waals surface area contributed by atoms with Gasteiger partial charge in [0.2, 0.25) is 0 Å². The van der Waals surface area contributed by atoms with E-state index in [9.17, 15) is 8.78 Å². The van der Waals surface area contributed by atoms with E-state index in [1.807, 2.05) is 29.2 Å². The van der Waals surface area contributed by atoms with Gasteiger partial charge in [-0.25, -0.2) is 18.3 Å². The first-order chi connectivity index (χ1) is 14.6. The number of benzene rings is 2. The Morgan fingerprint density at radius 1 is 1.03 bits per heavy atom. The summed E-state index contributed by atoms with van der Waals surface area (Å²) in [4.78, 5) is 6.43. The largest absolute Gasteiger partial charge is 0.348 e. The maximum absolute atomic E-state index is 14.4. The molecule has 0 amide bonds. The number of rotatable bonds is 3. The number of nitrogens with zero attached hydrogens (tertiary/aromatic N) is 5. The van der Waals surface area contributed by atoms with Gasteiger partial charge in [0.15, 0.2) is 5.65 Å². The molecule has 4 aromatic rings. The molecule has 3 heterocycles. The Morgan fingerprint density at radius 3 is 2.67 bits per heavy atom. The first kappa shape index (κ1) is 18.3. The molecule has 1 aliphatic heterocycles. The van der Waals surface area contributed by atoms with E-state index >= 15 is 0 Å². The van der Waals surface area contributed by atoms with Crippen molar-refractivity contribution in [3.05, 3.63) is 83.6 Å². The van der Waals surface area contributed by atoms with Crippen molar-refractivity contribution in [2.45, 2.75) is 18.9 Å². The fourth-order valence-corrected chi connectivity index (χ4v) is 4.06. The van der Waals surface area contributed by atoms with Crippen molar-refractivity contribution in [3.8, 4) is 17.3 Å². The monoisotopic (exact) mass is 401 g/mol. The van der Waals surface area contributed by atoms with Crippen LogP contribution in [0.25, 0.3) is 16.9 Å². The van der Waals surface area contributed by atoms with E-state index in [4.69, 9.17) is 10.4 Å². The molecule has 1 atom stereocenters. The molecule has 2 aromatic heterocycles. The summed E-state index contributed by atoms with van der Waals surface area (Å²) in [7, 11) is 0. The predicted molar refractivity (Wildman–Crippen MR) is 109 cm³/mol. The zero-order valence-corrected chi connectivity index (χ0v) is 16.0. The zero-order chi connectivity index (χ0) is 20.7. The minimum absolute atomic E-state index is 0.271.